The third-order valence-electron chi connectivity index (χ3n) is 5.82. The molecular weight excluding hydrogens is 304 g/mol. The van der Waals surface area contributed by atoms with Gasteiger partial charge in [-0.05, 0) is 43.4 Å². The molecule has 2 rings (SSSR count). The van der Waals surface area contributed by atoms with Gasteiger partial charge in [-0.3, -0.25) is 4.79 Å². The summed E-state index contributed by atoms with van der Waals surface area (Å²) < 4.78 is 11.6. The Bertz CT molecular complexity index is 339. The van der Waals surface area contributed by atoms with Crippen molar-refractivity contribution >= 4 is 5.97 Å². The highest BCUT2D eigenvalue weighted by molar-refractivity contribution is 5.66. The van der Waals surface area contributed by atoms with Gasteiger partial charge in [-0.2, -0.15) is 0 Å². The number of carbonyl (C=O) groups is 1. The normalized spacial score (nSPS) is 24.7. The highest BCUT2D eigenvalue weighted by Crippen LogP contribution is 2.29. The van der Waals surface area contributed by atoms with Crippen molar-refractivity contribution in [1.82, 2.24) is 0 Å². The van der Waals surface area contributed by atoms with Crippen molar-refractivity contribution in [2.75, 3.05) is 26.4 Å². The van der Waals surface area contributed by atoms with Crippen LogP contribution >= 0.6 is 0 Å². The average Bonchev–Trinajstić information content (AvgIpc) is 3.22. The van der Waals surface area contributed by atoms with Crippen LogP contribution in [0, 0.1) is 17.8 Å². The number of carboxylic acid groups (broad SMARTS) is 1. The van der Waals surface area contributed by atoms with Crippen molar-refractivity contribution in [1.29, 1.82) is 0 Å². The second-order valence-electron chi connectivity index (χ2n) is 7.74. The summed E-state index contributed by atoms with van der Waals surface area (Å²) in [6, 6.07) is 0. The molecule has 0 aromatic rings. The van der Waals surface area contributed by atoms with Crippen LogP contribution in [0.15, 0.2) is 0 Å². The zero-order chi connectivity index (χ0) is 17.0. The van der Waals surface area contributed by atoms with E-state index in [2.05, 4.69) is 0 Å². The molecule has 1 aliphatic carbocycles. The lowest BCUT2D eigenvalue weighted by molar-refractivity contribution is -0.137. The second kappa shape index (κ2) is 11.9. The first-order valence-electron chi connectivity index (χ1n) is 10.1. The van der Waals surface area contributed by atoms with E-state index in [-0.39, 0.29) is 0 Å². The lowest BCUT2D eigenvalue weighted by Gasteiger charge is -2.17. The van der Waals surface area contributed by atoms with E-state index in [4.69, 9.17) is 14.6 Å². The Morgan fingerprint density at radius 1 is 0.917 bits per heavy atom. The number of unbranched alkanes of at least 4 members (excludes halogenated alkanes) is 3. The molecule has 140 valence electrons. The number of aliphatic carboxylic acids is 1. The predicted molar refractivity (Wildman–Crippen MR) is 95.1 cm³/mol. The van der Waals surface area contributed by atoms with Crippen molar-refractivity contribution < 1.29 is 19.4 Å². The van der Waals surface area contributed by atoms with Crippen LogP contribution in [0.1, 0.15) is 77.0 Å². The van der Waals surface area contributed by atoms with E-state index < -0.39 is 5.97 Å². The first-order chi connectivity index (χ1) is 11.8. The maximum atomic E-state index is 10.5. The number of hydrogen-bond donors (Lipinski definition) is 1. The van der Waals surface area contributed by atoms with Crippen LogP contribution in [0.3, 0.4) is 0 Å². The molecule has 0 bridgehead atoms. The summed E-state index contributed by atoms with van der Waals surface area (Å²) in [5.41, 5.74) is 0. The lowest BCUT2D eigenvalue weighted by Crippen LogP contribution is -2.15. The number of rotatable bonds is 13. The molecule has 2 atom stereocenters. The van der Waals surface area contributed by atoms with Crippen LogP contribution in [0.25, 0.3) is 0 Å². The fraction of sp³-hybridized carbons (Fsp3) is 0.950. The Morgan fingerprint density at radius 2 is 1.58 bits per heavy atom. The number of ether oxygens (including phenoxy) is 2. The van der Waals surface area contributed by atoms with E-state index in [1.807, 2.05) is 0 Å². The molecule has 1 saturated heterocycles. The van der Waals surface area contributed by atoms with Gasteiger partial charge < -0.3 is 14.6 Å². The molecule has 4 nitrogen and oxygen atoms in total. The van der Waals surface area contributed by atoms with Gasteiger partial charge in [0.05, 0.1) is 0 Å². The molecule has 1 heterocycles. The molecule has 1 aliphatic heterocycles. The zero-order valence-electron chi connectivity index (χ0n) is 15.2. The summed E-state index contributed by atoms with van der Waals surface area (Å²) >= 11 is 0. The van der Waals surface area contributed by atoms with Crippen molar-refractivity contribution in [2.45, 2.75) is 77.0 Å². The maximum Gasteiger partial charge on any atom is 0.303 e. The van der Waals surface area contributed by atoms with Gasteiger partial charge in [-0.25, -0.2) is 0 Å². The van der Waals surface area contributed by atoms with Crippen molar-refractivity contribution in [2.24, 2.45) is 17.8 Å². The molecular formula is C20H36O4. The smallest absolute Gasteiger partial charge is 0.303 e. The quantitative estimate of drug-likeness (QED) is 0.495. The zero-order valence-corrected chi connectivity index (χ0v) is 15.2. The molecule has 0 spiro atoms. The monoisotopic (exact) mass is 340 g/mol. The Balaban J connectivity index is 1.45. The van der Waals surface area contributed by atoms with Crippen molar-refractivity contribution in [3.8, 4) is 0 Å². The van der Waals surface area contributed by atoms with Gasteiger partial charge in [-0.1, -0.05) is 44.9 Å². The van der Waals surface area contributed by atoms with Gasteiger partial charge in [-0.15, -0.1) is 0 Å². The molecule has 0 radical (unpaired) electrons. The second-order valence-corrected chi connectivity index (χ2v) is 7.74. The minimum absolute atomic E-state index is 0.313. The van der Waals surface area contributed by atoms with E-state index in [9.17, 15) is 4.79 Å². The topological polar surface area (TPSA) is 55.8 Å². The predicted octanol–water partition coefficient (Wildman–Crippen LogP) is 4.66. The summed E-state index contributed by atoms with van der Waals surface area (Å²) in [6.45, 7) is 3.62. The van der Waals surface area contributed by atoms with Gasteiger partial charge >= 0.3 is 5.97 Å². The van der Waals surface area contributed by atoms with E-state index in [0.717, 1.165) is 58.0 Å². The molecule has 0 amide bonds. The molecule has 2 aliphatic rings. The van der Waals surface area contributed by atoms with Gasteiger partial charge in [0.15, 0.2) is 0 Å². The van der Waals surface area contributed by atoms with E-state index in [1.165, 1.54) is 44.9 Å². The van der Waals surface area contributed by atoms with Gasteiger partial charge in [0.2, 0.25) is 0 Å². The Morgan fingerprint density at radius 3 is 2.33 bits per heavy atom. The van der Waals surface area contributed by atoms with Crippen molar-refractivity contribution in [3.63, 3.8) is 0 Å². The minimum atomic E-state index is -0.674. The summed E-state index contributed by atoms with van der Waals surface area (Å²) in [6.07, 6.45) is 13.8. The van der Waals surface area contributed by atoms with E-state index in [0.29, 0.717) is 18.3 Å². The molecule has 24 heavy (non-hydrogen) atoms. The van der Waals surface area contributed by atoms with Crippen LogP contribution in [-0.2, 0) is 14.3 Å². The van der Waals surface area contributed by atoms with Crippen LogP contribution in [-0.4, -0.2) is 37.5 Å². The average molecular weight is 341 g/mol. The fourth-order valence-electron chi connectivity index (χ4n) is 4.20. The highest BCUT2D eigenvalue weighted by Gasteiger charge is 2.27. The first-order valence-corrected chi connectivity index (χ1v) is 10.1. The molecule has 2 fully saturated rings. The Kier molecular flexibility index (Phi) is 9.74. The Hall–Kier alpha value is -0.610. The first kappa shape index (κ1) is 19.7. The molecule has 0 aromatic heterocycles. The third kappa shape index (κ3) is 7.98. The van der Waals surface area contributed by atoms with Crippen LogP contribution < -0.4 is 0 Å². The van der Waals surface area contributed by atoms with Gasteiger partial charge in [0, 0.05) is 32.8 Å². The molecule has 4 heteroatoms. The van der Waals surface area contributed by atoms with E-state index in [1.54, 1.807) is 0 Å². The molecule has 0 unspecified atom stereocenters. The number of carboxylic acids is 1. The van der Waals surface area contributed by atoms with Gasteiger partial charge in [0.1, 0.15) is 0 Å². The summed E-state index contributed by atoms with van der Waals surface area (Å²) in [5.74, 6) is 1.60. The van der Waals surface area contributed by atoms with E-state index >= 15 is 0 Å². The summed E-state index contributed by atoms with van der Waals surface area (Å²) in [5, 5.41) is 8.63. The molecule has 1 saturated carbocycles. The Labute approximate surface area is 147 Å². The minimum Gasteiger partial charge on any atom is -0.481 e. The maximum absolute atomic E-state index is 10.5. The lowest BCUT2D eigenvalue weighted by atomic mass is 9.88. The summed E-state index contributed by atoms with van der Waals surface area (Å²) in [7, 11) is 0. The highest BCUT2D eigenvalue weighted by atomic mass is 16.5. The van der Waals surface area contributed by atoms with Crippen molar-refractivity contribution in [3.05, 3.63) is 0 Å². The SMILES string of the molecule is O=C(O)CCCCCC[C@H]1COC[C@H]1CCOCCC1CCCC1. The number of hydrogen-bond acceptors (Lipinski definition) is 3. The van der Waals surface area contributed by atoms with Crippen LogP contribution in [0.5, 0.6) is 0 Å². The standard InChI is InChI=1S/C20H36O4/c21-20(22)10-4-2-1-3-9-18-15-24-16-19(18)12-14-23-13-11-17-7-5-6-8-17/h17-19H,1-16H2,(H,21,22)/t18-,19+/m0/s1. The van der Waals surface area contributed by atoms with Crippen LogP contribution in [0.2, 0.25) is 0 Å². The summed E-state index contributed by atoms with van der Waals surface area (Å²) in [4.78, 5) is 10.5. The molecule has 0 aromatic carbocycles. The largest absolute Gasteiger partial charge is 0.481 e. The fourth-order valence-corrected chi connectivity index (χ4v) is 4.20. The third-order valence-corrected chi connectivity index (χ3v) is 5.82. The van der Waals surface area contributed by atoms with Gasteiger partial charge in [0.25, 0.3) is 0 Å². The van der Waals surface area contributed by atoms with Crippen LogP contribution in [0.4, 0.5) is 0 Å². The molecule has 1 N–H and O–H groups in total.